The van der Waals surface area contributed by atoms with E-state index in [9.17, 15) is 0 Å². The van der Waals surface area contributed by atoms with Crippen molar-refractivity contribution in [2.24, 2.45) is 11.8 Å². The summed E-state index contributed by atoms with van der Waals surface area (Å²) in [6.07, 6.45) is 12.9. The van der Waals surface area contributed by atoms with E-state index in [0.717, 1.165) is 17.9 Å². The Balaban J connectivity index is 2.32. The molecule has 0 heterocycles. The average Bonchev–Trinajstić information content (AvgIpc) is 2.51. The van der Waals surface area contributed by atoms with Crippen LogP contribution < -0.4 is 5.32 Å². The highest BCUT2D eigenvalue weighted by Gasteiger charge is 2.22. The maximum absolute atomic E-state index is 3.80. The van der Waals surface area contributed by atoms with Gasteiger partial charge in [-0.15, -0.1) is 0 Å². The van der Waals surface area contributed by atoms with Crippen LogP contribution >= 0.6 is 0 Å². The zero-order valence-corrected chi connectivity index (χ0v) is 12.3. The highest BCUT2D eigenvalue weighted by molar-refractivity contribution is 4.79. The summed E-state index contributed by atoms with van der Waals surface area (Å²) in [7, 11) is 0. The molecule has 0 aromatic heterocycles. The lowest BCUT2D eigenvalue weighted by atomic mass is 9.88. The summed E-state index contributed by atoms with van der Waals surface area (Å²) in [6.45, 7) is 8.18. The quantitative estimate of drug-likeness (QED) is 0.632. The third kappa shape index (κ3) is 6.45. The monoisotopic (exact) mass is 239 g/mol. The molecule has 0 aliphatic heterocycles. The van der Waals surface area contributed by atoms with Gasteiger partial charge in [0.2, 0.25) is 0 Å². The van der Waals surface area contributed by atoms with Gasteiger partial charge in [0, 0.05) is 6.04 Å². The van der Waals surface area contributed by atoms with E-state index in [0.29, 0.717) is 0 Å². The second-order valence-electron chi connectivity index (χ2n) is 6.28. The lowest BCUT2D eigenvalue weighted by Crippen LogP contribution is -2.36. The number of nitrogens with one attached hydrogen (secondary N) is 1. The van der Waals surface area contributed by atoms with Gasteiger partial charge >= 0.3 is 0 Å². The molecule has 2 atom stereocenters. The molecule has 0 spiro atoms. The summed E-state index contributed by atoms with van der Waals surface area (Å²) in [6, 6.07) is 0.824. The first-order valence-corrected chi connectivity index (χ1v) is 7.97. The van der Waals surface area contributed by atoms with Gasteiger partial charge in [-0.3, -0.25) is 0 Å². The number of hydrogen-bond donors (Lipinski definition) is 1. The van der Waals surface area contributed by atoms with Crippen molar-refractivity contribution < 1.29 is 0 Å². The summed E-state index contributed by atoms with van der Waals surface area (Å²) >= 11 is 0. The SMILES string of the molecule is CCCNC1CCCCCC1CCCC(C)C. The molecule has 1 fully saturated rings. The summed E-state index contributed by atoms with van der Waals surface area (Å²) < 4.78 is 0. The molecular formula is C16H33N. The van der Waals surface area contributed by atoms with E-state index in [2.05, 4.69) is 26.1 Å². The van der Waals surface area contributed by atoms with E-state index in [4.69, 9.17) is 0 Å². The van der Waals surface area contributed by atoms with Crippen molar-refractivity contribution in [1.82, 2.24) is 5.32 Å². The van der Waals surface area contributed by atoms with Crippen LogP contribution in [-0.4, -0.2) is 12.6 Å². The molecule has 102 valence electrons. The van der Waals surface area contributed by atoms with Crippen molar-refractivity contribution in [2.45, 2.75) is 84.6 Å². The molecule has 17 heavy (non-hydrogen) atoms. The van der Waals surface area contributed by atoms with Crippen LogP contribution in [0, 0.1) is 11.8 Å². The van der Waals surface area contributed by atoms with Crippen molar-refractivity contribution in [2.75, 3.05) is 6.54 Å². The van der Waals surface area contributed by atoms with E-state index < -0.39 is 0 Å². The third-order valence-electron chi connectivity index (χ3n) is 4.17. The Morgan fingerprint density at radius 2 is 1.88 bits per heavy atom. The normalized spacial score (nSPS) is 26.1. The fourth-order valence-electron chi connectivity index (χ4n) is 3.12. The topological polar surface area (TPSA) is 12.0 Å². The summed E-state index contributed by atoms with van der Waals surface area (Å²) in [4.78, 5) is 0. The van der Waals surface area contributed by atoms with Gasteiger partial charge in [0.1, 0.15) is 0 Å². The number of rotatable bonds is 7. The third-order valence-corrected chi connectivity index (χ3v) is 4.17. The van der Waals surface area contributed by atoms with Crippen LogP contribution in [0.2, 0.25) is 0 Å². The molecule has 0 bridgehead atoms. The zero-order chi connectivity index (χ0) is 12.5. The van der Waals surface area contributed by atoms with Crippen LogP contribution in [0.25, 0.3) is 0 Å². The second kappa shape index (κ2) is 8.97. The standard InChI is InChI=1S/C16H33N/c1-4-13-17-16-12-7-5-6-10-15(16)11-8-9-14(2)3/h14-17H,4-13H2,1-3H3. The van der Waals surface area contributed by atoms with Crippen LogP contribution in [-0.2, 0) is 0 Å². The molecule has 1 N–H and O–H groups in total. The minimum absolute atomic E-state index is 0.824. The van der Waals surface area contributed by atoms with Crippen LogP contribution in [0.4, 0.5) is 0 Å². The Bertz CT molecular complexity index is 176. The number of hydrogen-bond acceptors (Lipinski definition) is 1. The predicted molar refractivity (Wildman–Crippen MR) is 77.3 cm³/mol. The van der Waals surface area contributed by atoms with Gasteiger partial charge in [0.05, 0.1) is 0 Å². The van der Waals surface area contributed by atoms with Gasteiger partial charge < -0.3 is 5.32 Å². The summed E-state index contributed by atoms with van der Waals surface area (Å²) in [5, 5.41) is 3.80. The molecule has 1 heteroatoms. The van der Waals surface area contributed by atoms with Crippen LogP contribution in [0.5, 0.6) is 0 Å². The molecule has 0 amide bonds. The van der Waals surface area contributed by atoms with E-state index in [1.165, 1.54) is 64.3 Å². The smallest absolute Gasteiger partial charge is 0.00953 e. The largest absolute Gasteiger partial charge is 0.314 e. The molecular weight excluding hydrogens is 206 g/mol. The Labute approximate surface area is 109 Å². The lowest BCUT2D eigenvalue weighted by molar-refractivity contribution is 0.303. The lowest BCUT2D eigenvalue weighted by Gasteiger charge is -2.26. The van der Waals surface area contributed by atoms with Crippen LogP contribution in [0.15, 0.2) is 0 Å². The first-order chi connectivity index (χ1) is 8.24. The Morgan fingerprint density at radius 3 is 2.59 bits per heavy atom. The predicted octanol–water partition coefficient (Wildman–Crippen LogP) is 4.76. The van der Waals surface area contributed by atoms with Gasteiger partial charge in [-0.05, 0) is 44.1 Å². The fourth-order valence-corrected chi connectivity index (χ4v) is 3.12. The van der Waals surface area contributed by atoms with Gasteiger partial charge in [-0.25, -0.2) is 0 Å². The molecule has 1 rings (SSSR count). The van der Waals surface area contributed by atoms with Crippen molar-refractivity contribution in [1.29, 1.82) is 0 Å². The fraction of sp³-hybridized carbons (Fsp3) is 1.00. The maximum atomic E-state index is 3.80. The second-order valence-corrected chi connectivity index (χ2v) is 6.28. The highest BCUT2D eigenvalue weighted by Crippen LogP contribution is 2.28. The van der Waals surface area contributed by atoms with Crippen molar-refractivity contribution in [3.63, 3.8) is 0 Å². The molecule has 2 unspecified atom stereocenters. The summed E-state index contributed by atoms with van der Waals surface area (Å²) in [5.74, 6) is 1.84. The first kappa shape index (κ1) is 15.0. The van der Waals surface area contributed by atoms with E-state index >= 15 is 0 Å². The Hall–Kier alpha value is -0.0400. The van der Waals surface area contributed by atoms with E-state index in [1.807, 2.05) is 0 Å². The van der Waals surface area contributed by atoms with Gasteiger partial charge in [-0.2, -0.15) is 0 Å². The molecule has 1 aliphatic rings. The maximum Gasteiger partial charge on any atom is 0.00953 e. The van der Waals surface area contributed by atoms with Gasteiger partial charge in [-0.1, -0.05) is 52.9 Å². The minimum Gasteiger partial charge on any atom is -0.314 e. The van der Waals surface area contributed by atoms with E-state index in [1.54, 1.807) is 0 Å². The van der Waals surface area contributed by atoms with Gasteiger partial charge in [0.15, 0.2) is 0 Å². The zero-order valence-electron chi connectivity index (χ0n) is 12.3. The van der Waals surface area contributed by atoms with Crippen LogP contribution in [0.3, 0.4) is 0 Å². The van der Waals surface area contributed by atoms with Crippen molar-refractivity contribution in [3.05, 3.63) is 0 Å². The molecule has 1 saturated carbocycles. The molecule has 0 saturated heterocycles. The molecule has 1 nitrogen and oxygen atoms in total. The molecule has 0 aromatic carbocycles. The van der Waals surface area contributed by atoms with Crippen molar-refractivity contribution in [3.8, 4) is 0 Å². The first-order valence-electron chi connectivity index (χ1n) is 7.97. The van der Waals surface area contributed by atoms with E-state index in [-0.39, 0.29) is 0 Å². The summed E-state index contributed by atoms with van der Waals surface area (Å²) in [5.41, 5.74) is 0. The van der Waals surface area contributed by atoms with Crippen molar-refractivity contribution >= 4 is 0 Å². The minimum atomic E-state index is 0.824. The van der Waals surface area contributed by atoms with Gasteiger partial charge in [0.25, 0.3) is 0 Å². The van der Waals surface area contributed by atoms with Crippen LogP contribution in [0.1, 0.15) is 78.6 Å². The average molecular weight is 239 g/mol. The highest BCUT2D eigenvalue weighted by atomic mass is 14.9. The molecule has 0 aromatic rings. The Kier molecular flexibility index (Phi) is 7.92. The molecule has 0 radical (unpaired) electrons. The molecule has 1 aliphatic carbocycles. The Morgan fingerprint density at radius 1 is 1.12 bits per heavy atom.